The highest BCUT2D eigenvalue weighted by Gasteiger charge is 2.32. The summed E-state index contributed by atoms with van der Waals surface area (Å²) in [4.78, 5) is 0. The van der Waals surface area contributed by atoms with Crippen molar-refractivity contribution in [3.05, 3.63) is 23.0 Å². The highest BCUT2D eigenvalue weighted by atomic mass is 35.5. The van der Waals surface area contributed by atoms with Crippen LogP contribution in [-0.2, 0) is 0 Å². The second-order valence-corrected chi connectivity index (χ2v) is 2.87. The van der Waals surface area contributed by atoms with E-state index in [1.165, 1.54) is 7.11 Å². The number of hydrogen-bond donors (Lipinski definition) is 0. The zero-order chi connectivity index (χ0) is 11.6. The Bertz CT molecular complexity index is 364. The summed E-state index contributed by atoms with van der Waals surface area (Å²) < 4.78 is 56.4. The molecule has 0 radical (unpaired) electrons. The first-order valence-corrected chi connectivity index (χ1v) is 4.00. The van der Waals surface area contributed by atoms with Gasteiger partial charge in [-0.2, -0.15) is 0 Å². The molecule has 0 aliphatic heterocycles. The smallest absolute Gasteiger partial charge is 0.494 e. The second-order valence-electron chi connectivity index (χ2n) is 2.46. The summed E-state index contributed by atoms with van der Waals surface area (Å²) in [5.41, 5.74) is 0. The van der Waals surface area contributed by atoms with Crippen LogP contribution in [0.5, 0.6) is 11.5 Å². The topological polar surface area (TPSA) is 18.5 Å². The maximum Gasteiger partial charge on any atom is 0.573 e. The lowest BCUT2D eigenvalue weighted by Crippen LogP contribution is -2.17. The molecule has 1 aromatic rings. The molecule has 84 valence electrons. The predicted octanol–water partition coefficient (Wildman–Crippen LogP) is 3.39. The monoisotopic (exact) mass is 244 g/mol. The average Bonchev–Trinajstić information content (AvgIpc) is 2.08. The minimum atomic E-state index is -4.91. The quantitative estimate of drug-likeness (QED) is 0.743. The summed E-state index contributed by atoms with van der Waals surface area (Å²) in [7, 11) is 1.17. The molecular weight excluding hydrogens is 240 g/mol. The lowest BCUT2D eigenvalue weighted by atomic mass is 10.3. The SMILES string of the molecule is COc1cc(Cl)c(OC(F)(F)F)cc1F. The Hall–Kier alpha value is -1.17. The first-order chi connectivity index (χ1) is 6.83. The molecular formula is C8H5ClF4O2. The maximum absolute atomic E-state index is 13.0. The van der Waals surface area contributed by atoms with E-state index in [2.05, 4.69) is 9.47 Å². The normalized spacial score (nSPS) is 11.3. The van der Waals surface area contributed by atoms with Gasteiger partial charge in [0.1, 0.15) is 0 Å². The molecule has 15 heavy (non-hydrogen) atoms. The third-order valence-electron chi connectivity index (χ3n) is 1.43. The van der Waals surface area contributed by atoms with Crippen molar-refractivity contribution in [2.45, 2.75) is 6.36 Å². The lowest BCUT2D eigenvalue weighted by Gasteiger charge is -2.11. The van der Waals surface area contributed by atoms with Gasteiger partial charge < -0.3 is 9.47 Å². The molecule has 0 amide bonds. The number of methoxy groups -OCH3 is 1. The molecule has 0 aliphatic rings. The van der Waals surface area contributed by atoms with E-state index in [1.807, 2.05) is 0 Å². The van der Waals surface area contributed by atoms with Crippen LogP contribution < -0.4 is 9.47 Å². The van der Waals surface area contributed by atoms with Crippen LogP contribution in [0.15, 0.2) is 12.1 Å². The fourth-order valence-electron chi connectivity index (χ4n) is 0.870. The third kappa shape index (κ3) is 3.16. The van der Waals surface area contributed by atoms with E-state index < -0.39 is 17.9 Å². The number of ether oxygens (including phenoxy) is 2. The zero-order valence-corrected chi connectivity index (χ0v) is 8.12. The van der Waals surface area contributed by atoms with Crippen molar-refractivity contribution in [1.82, 2.24) is 0 Å². The van der Waals surface area contributed by atoms with Crippen molar-refractivity contribution < 1.29 is 27.0 Å². The van der Waals surface area contributed by atoms with Gasteiger partial charge in [-0.25, -0.2) is 4.39 Å². The van der Waals surface area contributed by atoms with Crippen LogP contribution in [0.2, 0.25) is 5.02 Å². The van der Waals surface area contributed by atoms with E-state index in [0.29, 0.717) is 6.07 Å². The molecule has 0 saturated heterocycles. The van der Waals surface area contributed by atoms with Gasteiger partial charge in [-0.15, -0.1) is 13.2 Å². The van der Waals surface area contributed by atoms with Crippen LogP contribution in [0.25, 0.3) is 0 Å². The zero-order valence-electron chi connectivity index (χ0n) is 7.36. The van der Waals surface area contributed by atoms with E-state index in [0.717, 1.165) is 6.07 Å². The molecule has 0 N–H and O–H groups in total. The highest BCUT2D eigenvalue weighted by molar-refractivity contribution is 6.32. The van der Waals surface area contributed by atoms with Crippen molar-refractivity contribution in [1.29, 1.82) is 0 Å². The molecule has 1 rings (SSSR count). The lowest BCUT2D eigenvalue weighted by molar-refractivity contribution is -0.274. The fraction of sp³-hybridized carbons (Fsp3) is 0.250. The number of halogens is 5. The molecule has 2 nitrogen and oxygen atoms in total. The van der Waals surface area contributed by atoms with Gasteiger partial charge in [0.15, 0.2) is 17.3 Å². The Morgan fingerprint density at radius 2 is 1.80 bits per heavy atom. The van der Waals surface area contributed by atoms with Gasteiger partial charge in [0.2, 0.25) is 0 Å². The van der Waals surface area contributed by atoms with Gasteiger partial charge in [0.05, 0.1) is 12.1 Å². The summed E-state index contributed by atoms with van der Waals surface area (Å²) >= 11 is 5.41. The van der Waals surface area contributed by atoms with Gasteiger partial charge in [-0.05, 0) is 0 Å². The minimum absolute atomic E-state index is 0.255. The Balaban J connectivity index is 3.05. The molecule has 7 heteroatoms. The van der Waals surface area contributed by atoms with E-state index >= 15 is 0 Å². The number of rotatable bonds is 2. The molecule has 0 bridgehead atoms. The van der Waals surface area contributed by atoms with Crippen molar-refractivity contribution in [2.75, 3.05) is 7.11 Å². The van der Waals surface area contributed by atoms with Crippen LogP contribution in [0.3, 0.4) is 0 Å². The molecule has 0 atom stereocenters. The molecule has 0 unspecified atom stereocenters. The van der Waals surface area contributed by atoms with Crippen LogP contribution in [0.1, 0.15) is 0 Å². The van der Waals surface area contributed by atoms with Crippen LogP contribution in [-0.4, -0.2) is 13.5 Å². The van der Waals surface area contributed by atoms with Gasteiger partial charge in [-0.3, -0.25) is 0 Å². The van der Waals surface area contributed by atoms with E-state index in [4.69, 9.17) is 11.6 Å². The van der Waals surface area contributed by atoms with Crippen molar-refractivity contribution >= 4 is 11.6 Å². The van der Waals surface area contributed by atoms with Gasteiger partial charge in [0, 0.05) is 12.1 Å². The van der Waals surface area contributed by atoms with Gasteiger partial charge >= 0.3 is 6.36 Å². The Kier molecular flexibility index (Phi) is 3.28. The largest absolute Gasteiger partial charge is 0.573 e. The van der Waals surface area contributed by atoms with E-state index in [-0.39, 0.29) is 10.8 Å². The number of benzene rings is 1. The molecule has 0 aliphatic carbocycles. The minimum Gasteiger partial charge on any atom is -0.494 e. The van der Waals surface area contributed by atoms with Gasteiger partial charge in [0.25, 0.3) is 0 Å². The van der Waals surface area contributed by atoms with Crippen molar-refractivity contribution in [2.24, 2.45) is 0 Å². The standard InChI is InChI=1S/C8H5ClF4O2/c1-14-7-2-4(9)6(3-5(7)10)15-8(11,12)13/h2-3H,1H3. The fourth-order valence-corrected chi connectivity index (χ4v) is 1.06. The summed E-state index contributed by atoms with van der Waals surface area (Å²) in [5.74, 6) is -2.04. The van der Waals surface area contributed by atoms with Crippen molar-refractivity contribution in [3.8, 4) is 11.5 Å². The molecule has 0 saturated carbocycles. The van der Waals surface area contributed by atoms with Crippen LogP contribution in [0.4, 0.5) is 17.6 Å². The first-order valence-electron chi connectivity index (χ1n) is 3.62. The van der Waals surface area contributed by atoms with Gasteiger partial charge in [-0.1, -0.05) is 11.6 Å². The summed E-state index contributed by atoms with van der Waals surface area (Å²) in [5, 5.41) is -0.384. The van der Waals surface area contributed by atoms with E-state index in [9.17, 15) is 17.6 Å². The van der Waals surface area contributed by atoms with E-state index in [1.54, 1.807) is 0 Å². The maximum atomic E-state index is 13.0. The molecule has 0 spiro atoms. The summed E-state index contributed by atoms with van der Waals surface area (Å²) in [6.07, 6.45) is -4.91. The van der Waals surface area contributed by atoms with Crippen molar-refractivity contribution in [3.63, 3.8) is 0 Å². The first kappa shape index (κ1) is 11.9. The molecule has 0 heterocycles. The molecule has 1 aromatic carbocycles. The Morgan fingerprint density at radius 1 is 1.20 bits per heavy atom. The molecule has 0 fully saturated rings. The average molecular weight is 245 g/mol. The third-order valence-corrected chi connectivity index (χ3v) is 1.73. The van der Waals surface area contributed by atoms with Crippen LogP contribution >= 0.6 is 11.6 Å². The Labute approximate surface area is 87.4 Å². The number of hydrogen-bond acceptors (Lipinski definition) is 2. The summed E-state index contributed by atoms with van der Waals surface area (Å²) in [6.45, 7) is 0. The molecule has 0 aromatic heterocycles. The predicted molar refractivity (Wildman–Crippen MR) is 44.6 cm³/mol. The number of alkyl halides is 3. The second kappa shape index (κ2) is 4.14. The highest BCUT2D eigenvalue weighted by Crippen LogP contribution is 2.34. The Morgan fingerprint density at radius 3 is 2.27 bits per heavy atom. The van der Waals surface area contributed by atoms with Crippen LogP contribution in [0, 0.1) is 5.82 Å². The summed E-state index contributed by atoms with van der Waals surface area (Å²) in [6, 6.07) is 1.41.